The fraction of sp³-hybridized carbons (Fsp3) is 0.857. The first-order valence-corrected chi connectivity index (χ1v) is 8.08. The van der Waals surface area contributed by atoms with E-state index in [1.807, 2.05) is 0 Å². The van der Waals surface area contributed by atoms with E-state index < -0.39 is 0 Å². The van der Waals surface area contributed by atoms with E-state index in [-0.39, 0.29) is 0 Å². The molecule has 1 fully saturated rings. The van der Waals surface area contributed by atoms with Crippen molar-refractivity contribution in [1.82, 2.24) is 10.2 Å². The summed E-state index contributed by atoms with van der Waals surface area (Å²) in [5.41, 5.74) is 0. The Hall–Kier alpha value is -0.640. The van der Waals surface area contributed by atoms with Crippen LogP contribution in [0.3, 0.4) is 0 Å². The molecule has 1 aliphatic rings. The Morgan fingerprint density at radius 1 is 1.33 bits per heavy atom. The molecule has 1 saturated carbocycles. The smallest absolute Gasteiger partial charge is 0.205 e. The monoisotopic (exact) mass is 267 g/mol. The van der Waals surface area contributed by atoms with Gasteiger partial charge < -0.3 is 5.32 Å². The van der Waals surface area contributed by atoms with E-state index in [0.29, 0.717) is 6.04 Å². The van der Waals surface area contributed by atoms with Crippen molar-refractivity contribution < 1.29 is 0 Å². The van der Waals surface area contributed by atoms with E-state index in [4.69, 9.17) is 0 Å². The zero-order valence-electron chi connectivity index (χ0n) is 11.8. The van der Waals surface area contributed by atoms with Crippen LogP contribution in [-0.4, -0.2) is 16.2 Å². The molecule has 4 heteroatoms. The third-order valence-electron chi connectivity index (χ3n) is 3.68. The summed E-state index contributed by atoms with van der Waals surface area (Å²) in [4.78, 5) is 0. The minimum atomic E-state index is 0.611. The van der Waals surface area contributed by atoms with E-state index in [9.17, 15) is 0 Å². The SMILES string of the molecule is CCc1nnc(NC2CCCC(CC(C)C)C2)s1. The summed E-state index contributed by atoms with van der Waals surface area (Å²) >= 11 is 1.71. The second-order valence-electron chi connectivity index (χ2n) is 5.86. The number of nitrogens with one attached hydrogen (secondary N) is 1. The summed E-state index contributed by atoms with van der Waals surface area (Å²) in [6, 6.07) is 0.611. The molecule has 0 amide bonds. The molecule has 2 atom stereocenters. The zero-order chi connectivity index (χ0) is 13.0. The molecule has 0 saturated heterocycles. The molecule has 1 heterocycles. The van der Waals surface area contributed by atoms with Crippen molar-refractivity contribution in [3.63, 3.8) is 0 Å². The van der Waals surface area contributed by atoms with Crippen molar-refractivity contribution in [1.29, 1.82) is 0 Å². The number of aromatic nitrogens is 2. The molecule has 0 radical (unpaired) electrons. The number of hydrogen-bond donors (Lipinski definition) is 1. The summed E-state index contributed by atoms with van der Waals surface area (Å²) < 4.78 is 0. The average Bonchev–Trinajstić information content (AvgIpc) is 2.76. The number of rotatable bonds is 5. The van der Waals surface area contributed by atoms with Crippen molar-refractivity contribution in [2.24, 2.45) is 11.8 Å². The topological polar surface area (TPSA) is 37.8 Å². The van der Waals surface area contributed by atoms with Crippen LogP contribution < -0.4 is 5.32 Å². The van der Waals surface area contributed by atoms with Crippen molar-refractivity contribution in [2.75, 3.05) is 5.32 Å². The standard InChI is InChI=1S/C14H25N3S/c1-4-13-16-17-14(18-13)15-12-7-5-6-11(9-12)8-10(2)3/h10-12H,4-9H2,1-3H3,(H,15,17). The highest BCUT2D eigenvalue weighted by molar-refractivity contribution is 7.15. The van der Waals surface area contributed by atoms with Crippen LogP contribution in [-0.2, 0) is 6.42 Å². The van der Waals surface area contributed by atoms with Crippen molar-refractivity contribution in [2.45, 2.75) is 65.3 Å². The van der Waals surface area contributed by atoms with Crippen LogP contribution in [0.1, 0.15) is 57.9 Å². The number of hydrogen-bond acceptors (Lipinski definition) is 4. The summed E-state index contributed by atoms with van der Waals surface area (Å²) in [6.45, 7) is 6.79. The van der Waals surface area contributed by atoms with Gasteiger partial charge in [-0.05, 0) is 37.5 Å². The van der Waals surface area contributed by atoms with Crippen LogP contribution in [0.2, 0.25) is 0 Å². The van der Waals surface area contributed by atoms with Crippen molar-refractivity contribution in [3.05, 3.63) is 5.01 Å². The fourth-order valence-corrected chi connectivity index (χ4v) is 3.69. The van der Waals surface area contributed by atoms with Gasteiger partial charge in [0.1, 0.15) is 5.01 Å². The van der Waals surface area contributed by atoms with Gasteiger partial charge in [-0.1, -0.05) is 44.9 Å². The third kappa shape index (κ3) is 3.94. The molecule has 0 bridgehead atoms. The van der Waals surface area contributed by atoms with Crippen LogP contribution in [0.15, 0.2) is 0 Å². The van der Waals surface area contributed by atoms with Gasteiger partial charge in [-0.2, -0.15) is 0 Å². The van der Waals surface area contributed by atoms with Gasteiger partial charge in [-0.25, -0.2) is 0 Å². The predicted octanol–water partition coefficient (Wildman–Crippen LogP) is 4.12. The Balaban J connectivity index is 1.85. The fourth-order valence-electron chi connectivity index (χ4n) is 2.93. The molecular formula is C14H25N3S. The normalized spacial score (nSPS) is 24.4. The Morgan fingerprint density at radius 2 is 2.17 bits per heavy atom. The molecule has 1 aromatic heterocycles. The van der Waals surface area contributed by atoms with Gasteiger partial charge in [-0.15, -0.1) is 10.2 Å². The highest BCUT2D eigenvalue weighted by Gasteiger charge is 2.23. The van der Waals surface area contributed by atoms with Gasteiger partial charge in [-0.3, -0.25) is 0 Å². The van der Waals surface area contributed by atoms with Crippen LogP contribution in [0.5, 0.6) is 0 Å². The van der Waals surface area contributed by atoms with Gasteiger partial charge in [0.15, 0.2) is 0 Å². The lowest BCUT2D eigenvalue weighted by molar-refractivity contribution is 0.289. The second kappa shape index (κ2) is 6.50. The Labute approximate surface area is 114 Å². The van der Waals surface area contributed by atoms with Crippen LogP contribution in [0, 0.1) is 11.8 Å². The maximum Gasteiger partial charge on any atom is 0.205 e. The Bertz CT molecular complexity index is 362. The van der Waals surface area contributed by atoms with Gasteiger partial charge in [0.2, 0.25) is 5.13 Å². The summed E-state index contributed by atoms with van der Waals surface area (Å²) in [7, 11) is 0. The molecule has 2 rings (SSSR count). The molecule has 1 aromatic rings. The first-order valence-electron chi connectivity index (χ1n) is 7.26. The van der Waals surface area contributed by atoms with Gasteiger partial charge in [0.05, 0.1) is 0 Å². The minimum Gasteiger partial charge on any atom is -0.357 e. The summed E-state index contributed by atoms with van der Waals surface area (Å²) in [5.74, 6) is 1.72. The van der Waals surface area contributed by atoms with E-state index in [2.05, 4.69) is 36.3 Å². The lowest BCUT2D eigenvalue weighted by Crippen LogP contribution is -2.27. The second-order valence-corrected chi connectivity index (χ2v) is 6.92. The molecule has 1 aliphatic carbocycles. The predicted molar refractivity (Wildman–Crippen MR) is 78.1 cm³/mol. The first-order chi connectivity index (χ1) is 8.67. The quantitative estimate of drug-likeness (QED) is 0.872. The highest BCUT2D eigenvalue weighted by Crippen LogP contribution is 2.31. The maximum atomic E-state index is 4.22. The molecule has 1 N–H and O–H groups in total. The molecule has 0 aromatic carbocycles. The van der Waals surface area contributed by atoms with E-state index >= 15 is 0 Å². The number of nitrogens with zero attached hydrogens (tertiary/aromatic N) is 2. The van der Waals surface area contributed by atoms with Crippen LogP contribution in [0.4, 0.5) is 5.13 Å². The average molecular weight is 267 g/mol. The lowest BCUT2D eigenvalue weighted by Gasteiger charge is -2.30. The van der Waals surface area contributed by atoms with Crippen molar-refractivity contribution >= 4 is 16.5 Å². The van der Waals surface area contributed by atoms with Crippen LogP contribution in [0.25, 0.3) is 0 Å². The third-order valence-corrected chi connectivity index (χ3v) is 4.68. The lowest BCUT2D eigenvalue weighted by atomic mass is 9.81. The molecule has 102 valence electrons. The summed E-state index contributed by atoms with van der Waals surface area (Å²) in [5, 5.41) is 14.1. The first kappa shape index (κ1) is 13.8. The highest BCUT2D eigenvalue weighted by atomic mass is 32.1. The number of aryl methyl sites for hydroxylation is 1. The minimum absolute atomic E-state index is 0.611. The maximum absolute atomic E-state index is 4.22. The van der Waals surface area contributed by atoms with Gasteiger partial charge in [0.25, 0.3) is 0 Å². The zero-order valence-corrected chi connectivity index (χ0v) is 12.6. The number of anilines is 1. The van der Waals surface area contributed by atoms with Gasteiger partial charge >= 0.3 is 0 Å². The van der Waals surface area contributed by atoms with Gasteiger partial charge in [0, 0.05) is 6.04 Å². The van der Waals surface area contributed by atoms with Crippen LogP contribution >= 0.6 is 11.3 Å². The van der Waals surface area contributed by atoms with E-state index in [1.165, 1.54) is 32.1 Å². The molecule has 0 aliphatic heterocycles. The molecule has 3 nitrogen and oxygen atoms in total. The molecular weight excluding hydrogens is 242 g/mol. The molecule has 18 heavy (non-hydrogen) atoms. The summed E-state index contributed by atoms with van der Waals surface area (Å²) in [6.07, 6.45) is 7.71. The Kier molecular flexibility index (Phi) is 4.98. The van der Waals surface area contributed by atoms with E-state index in [0.717, 1.165) is 28.4 Å². The largest absolute Gasteiger partial charge is 0.357 e. The van der Waals surface area contributed by atoms with Crippen molar-refractivity contribution in [3.8, 4) is 0 Å². The Morgan fingerprint density at radius 3 is 2.83 bits per heavy atom. The molecule has 2 unspecified atom stereocenters. The molecule has 0 spiro atoms. The van der Waals surface area contributed by atoms with E-state index in [1.54, 1.807) is 11.3 Å².